The summed E-state index contributed by atoms with van der Waals surface area (Å²) >= 11 is 0. The Labute approximate surface area is 162 Å². The number of aromatic nitrogens is 2. The van der Waals surface area contributed by atoms with E-state index in [2.05, 4.69) is 28.2 Å². The summed E-state index contributed by atoms with van der Waals surface area (Å²) in [4.78, 5) is 27.2. The summed E-state index contributed by atoms with van der Waals surface area (Å²) in [7, 11) is 1.31. The SMILES string of the molecule is COC(=O)c1nn(CN2CC=C(c3ccccc3)CC2)c(=O)c2ccccc12. The average molecular weight is 375 g/mol. The molecule has 0 fully saturated rings. The second-order valence-electron chi connectivity index (χ2n) is 6.75. The quantitative estimate of drug-likeness (QED) is 0.656. The van der Waals surface area contributed by atoms with Gasteiger partial charge in [-0.2, -0.15) is 5.10 Å². The first kappa shape index (κ1) is 18.1. The van der Waals surface area contributed by atoms with Gasteiger partial charge in [0.1, 0.15) is 0 Å². The molecule has 0 bridgehead atoms. The van der Waals surface area contributed by atoms with Crippen LogP contribution < -0.4 is 5.56 Å². The van der Waals surface area contributed by atoms with E-state index in [1.54, 1.807) is 24.3 Å². The summed E-state index contributed by atoms with van der Waals surface area (Å²) in [6.45, 7) is 1.86. The number of esters is 1. The van der Waals surface area contributed by atoms with Crippen molar-refractivity contribution in [3.05, 3.63) is 82.3 Å². The Morgan fingerprint density at radius 1 is 1.07 bits per heavy atom. The predicted molar refractivity (Wildman–Crippen MR) is 108 cm³/mol. The van der Waals surface area contributed by atoms with Crippen molar-refractivity contribution in [2.24, 2.45) is 0 Å². The minimum Gasteiger partial charge on any atom is -0.464 e. The first-order valence-corrected chi connectivity index (χ1v) is 9.22. The maximum atomic E-state index is 12.9. The molecule has 0 saturated heterocycles. The van der Waals surface area contributed by atoms with Crippen molar-refractivity contribution in [3.8, 4) is 0 Å². The lowest BCUT2D eigenvalue weighted by Crippen LogP contribution is -2.37. The Balaban J connectivity index is 1.62. The Bertz CT molecular complexity index is 1100. The number of rotatable bonds is 4. The van der Waals surface area contributed by atoms with Gasteiger partial charge in [0.15, 0.2) is 5.69 Å². The second kappa shape index (κ2) is 7.78. The van der Waals surface area contributed by atoms with Crippen LogP contribution in [0, 0.1) is 0 Å². The Morgan fingerprint density at radius 3 is 2.46 bits per heavy atom. The highest BCUT2D eigenvalue weighted by atomic mass is 16.5. The first-order valence-electron chi connectivity index (χ1n) is 9.22. The van der Waals surface area contributed by atoms with E-state index in [-0.39, 0.29) is 11.3 Å². The zero-order valence-electron chi connectivity index (χ0n) is 15.7. The van der Waals surface area contributed by atoms with Gasteiger partial charge in [-0.05, 0) is 23.6 Å². The molecular formula is C22H21N3O3. The van der Waals surface area contributed by atoms with Crippen molar-refractivity contribution in [1.82, 2.24) is 14.7 Å². The number of nitrogens with zero attached hydrogens (tertiary/aromatic N) is 3. The molecule has 4 rings (SSSR count). The molecular weight excluding hydrogens is 354 g/mol. The van der Waals surface area contributed by atoms with Gasteiger partial charge in [-0.25, -0.2) is 9.48 Å². The van der Waals surface area contributed by atoms with E-state index in [4.69, 9.17) is 4.74 Å². The lowest BCUT2D eigenvalue weighted by Gasteiger charge is -2.26. The number of hydrogen-bond donors (Lipinski definition) is 0. The van der Waals surface area contributed by atoms with Gasteiger partial charge in [-0.15, -0.1) is 0 Å². The summed E-state index contributed by atoms with van der Waals surface area (Å²) in [5.74, 6) is -0.546. The van der Waals surface area contributed by atoms with Gasteiger partial charge in [0, 0.05) is 18.5 Å². The van der Waals surface area contributed by atoms with Crippen LogP contribution in [0.3, 0.4) is 0 Å². The third kappa shape index (κ3) is 3.46. The first-order chi connectivity index (χ1) is 13.7. The summed E-state index contributed by atoms with van der Waals surface area (Å²) in [5.41, 5.74) is 2.50. The lowest BCUT2D eigenvalue weighted by atomic mass is 10.00. The molecule has 0 N–H and O–H groups in total. The molecule has 6 nitrogen and oxygen atoms in total. The maximum Gasteiger partial charge on any atom is 0.359 e. The van der Waals surface area contributed by atoms with Crippen LogP contribution in [-0.4, -0.2) is 40.8 Å². The van der Waals surface area contributed by atoms with Crippen LogP contribution in [0.4, 0.5) is 0 Å². The van der Waals surface area contributed by atoms with Crippen molar-refractivity contribution >= 4 is 22.3 Å². The topological polar surface area (TPSA) is 64.4 Å². The third-order valence-electron chi connectivity index (χ3n) is 5.02. The zero-order chi connectivity index (χ0) is 19.5. The molecule has 6 heteroatoms. The largest absolute Gasteiger partial charge is 0.464 e. The predicted octanol–water partition coefficient (Wildman–Crippen LogP) is 2.93. The van der Waals surface area contributed by atoms with E-state index in [9.17, 15) is 9.59 Å². The molecule has 3 aromatic rings. The number of carbonyl (C=O) groups is 1. The molecule has 0 atom stereocenters. The van der Waals surface area contributed by atoms with Crippen LogP contribution in [0.15, 0.2) is 65.5 Å². The van der Waals surface area contributed by atoms with E-state index in [0.717, 1.165) is 19.5 Å². The molecule has 142 valence electrons. The standard InChI is InChI=1S/C22H21N3O3/c1-28-22(27)20-18-9-5-6-10-19(18)21(26)25(23-20)15-24-13-11-17(12-14-24)16-7-3-2-4-8-16/h2-11H,12-15H2,1H3. The van der Waals surface area contributed by atoms with Crippen LogP contribution >= 0.6 is 0 Å². The minimum atomic E-state index is -0.546. The number of hydrogen-bond acceptors (Lipinski definition) is 5. The molecule has 2 aromatic carbocycles. The Hall–Kier alpha value is -3.25. The molecule has 1 aliphatic rings. The molecule has 0 saturated carbocycles. The molecule has 0 radical (unpaired) electrons. The highest BCUT2D eigenvalue weighted by Crippen LogP contribution is 2.22. The number of ether oxygens (including phenoxy) is 1. The zero-order valence-corrected chi connectivity index (χ0v) is 15.7. The fourth-order valence-electron chi connectivity index (χ4n) is 3.52. The summed E-state index contributed by atoms with van der Waals surface area (Å²) in [5, 5.41) is 5.29. The smallest absolute Gasteiger partial charge is 0.359 e. The van der Waals surface area contributed by atoms with Gasteiger partial charge in [0.25, 0.3) is 5.56 Å². The lowest BCUT2D eigenvalue weighted by molar-refractivity contribution is 0.0592. The molecule has 28 heavy (non-hydrogen) atoms. The number of benzene rings is 2. The van der Waals surface area contributed by atoms with Gasteiger partial charge >= 0.3 is 5.97 Å². The molecule has 0 amide bonds. The van der Waals surface area contributed by atoms with Crippen molar-refractivity contribution in [2.75, 3.05) is 20.2 Å². The van der Waals surface area contributed by atoms with Crippen molar-refractivity contribution in [2.45, 2.75) is 13.1 Å². The molecule has 0 spiro atoms. The summed E-state index contributed by atoms with van der Waals surface area (Å²) < 4.78 is 6.21. The highest BCUT2D eigenvalue weighted by molar-refractivity contribution is 6.01. The van der Waals surface area contributed by atoms with E-state index < -0.39 is 5.97 Å². The summed E-state index contributed by atoms with van der Waals surface area (Å²) in [6, 6.07) is 17.3. The Morgan fingerprint density at radius 2 is 1.79 bits per heavy atom. The molecule has 1 aliphatic heterocycles. The van der Waals surface area contributed by atoms with Gasteiger partial charge in [-0.3, -0.25) is 9.69 Å². The van der Waals surface area contributed by atoms with Gasteiger partial charge in [0.05, 0.1) is 19.2 Å². The molecule has 1 aromatic heterocycles. The van der Waals surface area contributed by atoms with Crippen molar-refractivity contribution < 1.29 is 9.53 Å². The molecule has 0 unspecified atom stereocenters. The summed E-state index contributed by atoms with van der Waals surface area (Å²) in [6.07, 6.45) is 3.09. The van der Waals surface area contributed by atoms with Crippen LogP contribution in [0.2, 0.25) is 0 Å². The van der Waals surface area contributed by atoms with Crippen LogP contribution in [0.25, 0.3) is 16.3 Å². The average Bonchev–Trinajstić information content (AvgIpc) is 2.76. The monoisotopic (exact) mass is 375 g/mol. The highest BCUT2D eigenvalue weighted by Gasteiger charge is 2.19. The molecule has 0 aliphatic carbocycles. The minimum absolute atomic E-state index is 0.162. The van der Waals surface area contributed by atoms with Crippen LogP contribution in [-0.2, 0) is 11.4 Å². The maximum absolute atomic E-state index is 12.9. The van der Waals surface area contributed by atoms with Crippen molar-refractivity contribution in [3.63, 3.8) is 0 Å². The van der Waals surface area contributed by atoms with E-state index in [0.29, 0.717) is 17.4 Å². The number of fused-ring (bicyclic) bond motifs is 1. The van der Waals surface area contributed by atoms with E-state index in [1.165, 1.54) is 22.9 Å². The fraction of sp³-hybridized carbons (Fsp3) is 0.227. The Kier molecular flexibility index (Phi) is 5.04. The van der Waals surface area contributed by atoms with Crippen LogP contribution in [0.5, 0.6) is 0 Å². The van der Waals surface area contributed by atoms with E-state index in [1.807, 2.05) is 18.2 Å². The van der Waals surface area contributed by atoms with Gasteiger partial charge < -0.3 is 4.74 Å². The second-order valence-corrected chi connectivity index (χ2v) is 6.75. The van der Waals surface area contributed by atoms with Crippen LogP contribution in [0.1, 0.15) is 22.5 Å². The number of methoxy groups -OCH3 is 1. The van der Waals surface area contributed by atoms with Gasteiger partial charge in [0.2, 0.25) is 0 Å². The van der Waals surface area contributed by atoms with E-state index >= 15 is 0 Å². The molecule has 2 heterocycles. The van der Waals surface area contributed by atoms with Crippen molar-refractivity contribution in [1.29, 1.82) is 0 Å². The fourth-order valence-corrected chi connectivity index (χ4v) is 3.52. The number of carbonyl (C=O) groups excluding carboxylic acids is 1. The third-order valence-corrected chi connectivity index (χ3v) is 5.02. The normalized spacial score (nSPS) is 14.7. The van der Waals surface area contributed by atoms with Gasteiger partial charge in [-0.1, -0.05) is 54.6 Å².